The van der Waals surface area contributed by atoms with Crippen LogP contribution in [0.15, 0.2) is 18.2 Å². The van der Waals surface area contributed by atoms with Crippen LogP contribution in [0.5, 0.6) is 5.75 Å². The molecule has 0 fully saturated rings. The molecule has 2 N–H and O–H groups in total. The molecule has 0 amide bonds. The maximum atomic E-state index is 12.3. The topological polar surface area (TPSA) is 83.8 Å². The number of halogens is 4. The molecule has 0 aromatic heterocycles. The zero-order valence-corrected chi connectivity index (χ0v) is 12.1. The zero-order valence-electron chi connectivity index (χ0n) is 10.5. The highest BCUT2D eigenvalue weighted by Gasteiger charge is 2.34. The molecule has 2 atom stereocenters. The summed E-state index contributed by atoms with van der Waals surface area (Å²) < 4.78 is 40.5. The van der Waals surface area contributed by atoms with Crippen molar-refractivity contribution in [2.24, 2.45) is 0 Å². The van der Waals surface area contributed by atoms with Gasteiger partial charge in [0.15, 0.2) is 6.10 Å². The fourth-order valence-corrected chi connectivity index (χ4v) is 1.81. The molecule has 1 aromatic rings. The molecule has 0 spiro atoms. The molecule has 21 heavy (non-hydrogen) atoms. The van der Waals surface area contributed by atoms with Gasteiger partial charge in [-0.05, 0) is 24.6 Å². The summed E-state index contributed by atoms with van der Waals surface area (Å²) in [5.74, 6) is -2.92. The first kappa shape index (κ1) is 17.4. The van der Waals surface area contributed by atoms with Gasteiger partial charge in [0, 0.05) is 5.56 Å². The van der Waals surface area contributed by atoms with Crippen LogP contribution in [-0.2, 0) is 9.59 Å². The molecule has 5 nitrogen and oxygen atoms in total. The molecule has 0 saturated heterocycles. The van der Waals surface area contributed by atoms with Gasteiger partial charge in [0.25, 0.3) is 0 Å². The molecule has 2 unspecified atom stereocenters. The van der Waals surface area contributed by atoms with Crippen molar-refractivity contribution in [3.05, 3.63) is 29.3 Å². The van der Waals surface area contributed by atoms with Crippen LogP contribution in [-0.4, -0.2) is 28.3 Å². The number of aliphatic carboxylic acids is 1. The molecule has 0 heterocycles. The monoisotopic (exact) mass is 370 g/mol. The Balaban J connectivity index is 3.32. The molecule has 1 rings (SSSR count). The van der Waals surface area contributed by atoms with Gasteiger partial charge in [0.05, 0.1) is 4.83 Å². The average molecular weight is 371 g/mol. The first-order valence-corrected chi connectivity index (χ1v) is 6.39. The SMILES string of the molecule is CC(=O)C(Br)c1ccc(OC(F)(F)F)c(C(O)C(=O)O)c1. The Bertz CT molecular complexity index is 558. The molecule has 0 aliphatic heterocycles. The highest BCUT2D eigenvalue weighted by Crippen LogP contribution is 2.34. The molecule has 0 saturated carbocycles. The average Bonchev–Trinajstić information content (AvgIpc) is 2.35. The third kappa shape index (κ3) is 4.71. The van der Waals surface area contributed by atoms with Crippen LogP contribution in [0, 0.1) is 0 Å². The lowest BCUT2D eigenvalue weighted by molar-refractivity contribution is -0.275. The summed E-state index contributed by atoms with van der Waals surface area (Å²) in [5, 5.41) is 18.2. The Kier molecular flexibility index (Phi) is 5.35. The number of ether oxygens (including phenoxy) is 1. The van der Waals surface area contributed by atoms with Gasteiger partial charge < -0.3 is 14.9 Å². The summed E-state index contributed by atoms with van der Waals surface area (Å²) in [5.41, 5.74) is -0.393. The van der Waals surface area contributed by atoms with E-state index < -0.39 is 34.6 Å². The second-order valence-corrected chi connectivity index (χ2v) is 4.97. The molecular weight excluding hydrogens is 361 g/mol. The number of rotatable bonds is 5. The number of carbonyl (C=O) groups excluding carboxylic acids is 1. The third-order valence-electron chi connectivity index (χ3n) is 2.44. The van der Waals surface area contributed by atoms with Gasteiger partial charge in [0.1, 0.15) is 11.5 Å². The highest BCUT2D eigenvalue weighted by molar-refractivity contribution is 9.09. The number of hydrogen-bond acceptors (Lipinski definition) is 4. The predicted molar refractivity (Wildman–Crippen MR) is 68.1 cm³/mol. The van der Waals surface area contributed by atoms with E-state index in [9.17, 15) is 27.9 Å². The Morgan fingerprint density at radius 2 is 1.90 bits per heavy atom. The number of Topliss-reactive ketones (excluding diaryl/α,β-unsaturated/α-hetero) is 1. The van der Waals surface area contributed by atoms with Gasteiger partial charge in [-0.3, -0.25) is 4.79 Å². The van der Waals surface area contributed by atoms with E-state index in [0.717, 1.165) is 12.1 Å². The summed E-state index contributed by atoms with van der Waals surface area (Å²) in [6.45, 7) is 1.24. The zero-order chi connectivity index (χ0) is 16.4. The van der Waals surface area contributed by atoms with Crippen molar-refractivity contribution in [2.45, 2.75) is 24.2 Å². The van der Waals surface area contributed by atoms with Crippen molar-refractivity contribution < 1.29 is 37.7 Å². The number of carboxylic acids is 1. The van der Waals surface area contributed by atoms with E-state index in [1.54, 1.807) is 0 Å². The second-order valence-electron chi connectivity index (χ2n) is 4.06. The standard InChI is InChI=1S/C12H10BrF3O5/c1-5(17)9(13)6-2-3-8(21-12(14,15)16)7(4-6)10(18)11(19)20/h2-4,9-10,18H,1H3,(H,19,20). The molecule has 116 valence electrons. The van der Waals surface area contributed by atoms with Crippen LogP contribution in [0.25, 0.3) is 0 Å². The predicted octanol–water partition coefficient (Wildman–Crippen LogP) is 2.73. The van der Waals surface area contributed by atoms with Crippen molar-refractivity contribution >= 4 is 27.7 Å². The summed E-state index contributed by atoms with van der Waals surface area (Å²) >= 11 is 3.01. The van der Waals surface area contributed by atoms with E-state index in [2.05, 4.69) is 20.7 Å². The van der Waals surface area contributed by atoms with Crippen molar-refractivity contribution in [3.63, 3.8) is 0 Å². The molecular formula is C12H10BrF3O5. The maximum Gasteiger partial charge on any atom is 0.573 e. The number of hydrogen-bond donors (Lipinski definition) is 2. The molecule has 0 bridgehead atoms. The smallest absolute Gasteiger partial charge is 0.479 e. The largest absolute Gasteiger partial charge is 0.573 e. The Labute approximate surface area is 125 Å². The van der Waals surface area contributed by atoms with Gasteiger partial charge in [-0.2, -0.15) is 0 Å². The van der Waals surface area contributed by atoms with E-state index in [4.69, 9.17) is 5.11 Å². The minimum Gasteiger partial charge on any atom is -0.479 e. The minimum absolute atomic E-state index is 0.201. The molecule has 0 aliphatic carbocycles. The molecule has 1 aromatic carbocycles. The van der Waals surface area contributed by atoms with Crippen LogP contribution in [0.3, 0.4) is 0 Å². The quantitative estimate of drug-likeness (QED) is 0.778. The van der Waals surface area contributed by atoms with Crippen molar-refractivity contribution in [1.82, 2.24) is 0 Å². The van der Waals surface area contributed by atoms with Crippen LogP contribution >= 0.6 is 15.9 Å². The fraction of sp³-hybridized carbons (Fsp3) is 0.333. The Hall–Kier alpha value is -1.61. The van der Waals surface area contributed by atoms with E-state index in [-0.39, 0.29) is 11.3 Å². The number of aliphatic hydroxyl groups excluding tert-OH is 1. The first-order chi connectivity index (χ1) is 9.53. The number of ketones is 1. The summed E-state index contributed by atoms with van der Waals surface area (Å²) in [4.78, 5) is 21.2. The number of aliphatic hydroxyl groups is 1. The summed E-state index contributed by atoms with van der Waals surface area (Å²) in [6, 6.07) is 2.99. The van der Waals surface area contributed by atoms with Gasteiger partial charge >= 0.3 is 12.3 Å². The number of benzene rings is 1. The second kappa shape index (κ2) is 6.44. The molecule has 0 radical (unpaired) electrons. The van der Waals surface area contributed by atoms with Gasteiger partial charge in [0.2, 0.25) is 0 Å². The lowest BCUT2D eigenvalue weighted by atomic mass is 10.0. The normalized spacial score (nSPS) is 14.4. The van der Waals surface area contributed by atoms with Crippen molar-refractivity contribution in [2.75, 3.05) is 0 Å². The van der Waals surface area contributed by atoms with Crippen molar-refractivity contribution in [1.29, 1.82) is 0 Å². The maximum absolute atomic E-state index is 12.3. The van der Waals surface area contributed by atoms with E-state index in [1.165, 1.54) is 13.0 Å². The van der Waals surface area contributed by atoms with E-state index in [1.807, 2.05) is 0 Å². The third-order valence-corrected chi connectivity index (χ3v) is 3.61. The van der Waals surface area contributed by atoms with Gasteiger partial charge in [-0.1, -0.05) is 22.0 Å². The van der Waals surface area contributed by atoms with Crippen LogP contribution in [0.4, 0.5) is 13.2 Å². The number of alkyl halides is 4. The summed E-state index contributed by atoms with van der Waals surface area (Å²) in [6.07, 6.45) is -7.25. The van der Waals surface area contributed by atoms with Crippen LogP contribution in [0.1, 0.15) is 29.0 Å². The minimum atomic E-state index is -5.04. The van der Waals surface area contributed by atoms with Crippen LogP contribution in [0.2, 0.25) is 0 Å². The van der Waals surface area contributed by atoms with E-state index in [0.29, 0.717) is 0 Å². The van der Waals surface area contributed by atoms with Crippen molar-refractivity contribution in [3.8, 4) is 5.75 Å². The lowest BCUT2D eigenvalue weighted by Gasteiger charge is -2.17. The first-order valence-electron chi connectivity index (χ1n) is 5.48. The van der Waals surface area contributed by atoms with Crippen LogP contribution < -0.4 is 4.74 Å². The fourth-order valence-electron chi connectivity index (χ4n) is 1.52. The van der Waals surface area contributed by atoms with Gasteiger partial charge in [-0.25, -0.2) is 4.79 Å². The van der Waals surface area contributed by atoms with E-state index >= 15 is 0 Å². The summed E-state index contributed by atoms with van der Waals surface area (Å²) in [7, 11) is 0. The highest BCUT2D eigenvalue weighted by atomic mass is 79.9. The number of carbonyl (C=O) groups is 2. The number of carboxylic acid groups (broad SMARTS) is 1. The Morgan fingerprint density at radius 1 is 1.33 bits per heavy atom. The molecule has 9 heteroatoms. The Morgan fingerprint density at radius 3 is 2.33 bits per heavy atom. The lowest BCUT2D eigenvalue weighted by Crippen LogP contribution is -2.20. The van der Waals surface area contributed by atoms with Gasteiger partial charge in [-0.15, -0.1) is 13.2 Å². The molecule has 0 aliphatic rings.